The quantitative estimate of drug-likeness (QED) is 0.742. The van der Waals surface area contributed by atoms with Crippen molar-refractivity contribution in [3.63, 3.8) is 0 Å². The van der Waals surface area contributed by atoms with Gasteiger partial charge in [0.1, 0.15) is 6.54 Å². The first-order chi connectivity index (χ1) is 12.6. The molecule has 2 aromatic carbocycles. The van der Waals surface area contributed by atoms with E-state index < -0.39 is 0 Å². The lowest BCUT2D eigenvalue weighted by Crippen LogP contribution is -2.28. The summed E-state index contributed by atoms with van der Waals surface area (Å²) in [5.74, 6) is -0.264. The Kier molecular flexibility index (Phi) is 5.31. The number of hydrogen-bond donors (Lipinski definition) is 1. The molecule has 26 heavy (non-hydrogen) atoms. The van der Waals surface area contributed by atoms with Crippen LogP contribution in [0.25, 0.3) is 10.9 Å². The van der Waals surface area contributed by atoms with E-state index in [1.165, 1.54) is 10.9 Å². The summed E-state index contributed by atoms with van der Waals surface area (Å²) >= 11 is 0. The van der Waals surface area contributed by atoms with E-state index in [-0.39, 0.29) is 18.0 Å². The maximum atomic E-state index is 12.4. The summed E-state index contributed by atoms with van der Waals surface area (Å²) in [7, 11) is 0. The summed E-state index contributed by atoms with van der Waals surface area (Å²) in [6.07, 6.45) is 1.41. The molecule has 0 spiro atoms. The van der Waals surface area contributed by atoms with Crippen molar-refractivity contribution in [3.8, 4) is 0 Å². The number of aromatic nitrogens is 2. The Balaban J connectivity index is 1.71. The standard InChI is InChI=1S/C20H22N4O2/c1-3-23(4-2)16-11-9-15(10-12-16)22-19(25)13-24-14-21-18-8-6-5-7-17(18)20(24)26/h5-12,14H,3-4,13H2,1-2H3,(H,22,25). The van der Waals surface area contributed by atoms with E-state index in [2.05, 4.69) is 29.0 Å². The predicted molar refractivity (Wildman–Crippen MR) is 105 cm³/mol. The van der Waals surface area contributed by atoms with E-state index in [1.54, 1.807) is 18.2 Å². The molecule has 0 saturated heterocycles. The van der Waals surface area contributed by atoms with Crippen LogP contribution in [-0.2, 0) is 11.3 Å². The number of anilines is 2. The summed E-state index contributed by atoms with van der Waals surface area (Å²) in [5, 5.41) is 3.33. The molecular weight excluding hydrogens is 328 g/mol. The van der Waals surface area contributed by atoms with Gasteiger partial charge in [0, 0.05) is 24.5 Å². The molecule has 0 fully saturated rings. The van der Waals surface area contributed by atoms with Crippen LogP contribution in [0, 0.1) is 0 Å². The highest BCUT2D eigenvalue weighted by atomic mass is 16.2. The smallest absolute Gasteiger partial charge is 0.261 e. The lowest BCUT2D eigenvalue weighted by atomic mass is 10.2. The molecule has 1 N–H and O–H groups in total. The van der Waals surface area contributed by atoms with Crippen molar-refractivity contribution in [3.05, 3.63) is 65.2 Å². The summed E-state index contributed by atoms with van der Waals surface area (Å²) in [6, 6.07) is 14.8. The van der Waals surface area contributed by atoms with Gasteiger partial charge in [0.05, 0.1) is 17.2 Å². The van der Waals surface area contributed by atoms with Crippen molar-refractivity contribution in [1.29, 1.82) is 0 Å². The van der Waals surface area contributed by atoms with Crippen molar-refractivity contribution in [2.75, 3.05) is 23.3 Å². The number of rotatable bonds is 6. The SMILES string of the molecule is CCN(CC)c1ccc(NC(=O)Cn2cnc3ccccc3c2=O)cc1. The van der Waals surface area contributed by atoms with Crippen molar-refractivity contribution < 1.29 is 4.79 Å². The maximum Gasteiger partial charge on any atom is 0.261 e. The van der Waals surface area contributed by atoms with Crippen LogP contribution in [-0.4, -0.2) is 28.5 Å². The van der Waals surface area contributed by atoms with Crippen molar-refractivity contribution >= 4 is 28.2 Å². The Morgan fingerprint density at radius 3 is 2.46 bits per heavy atom. The number of nitrogens with zero attached hydrogens (tertiary/aromatic N) is 3. The zero-order valence-electron chi connectivity index (χ0n) is 15.0. The van der Waals surface area contributed by atoms with Gasteiger partial charge in [-0.2, -0.15) is 0 Å². The Morgan fingerprint density at radius 1 is 1.08 bits per heavy atom. The molecule has 0 unspecified atom stereocenters. The third-order valence-corrected chi connectivity index (χ3v) is 4.33. The van der Waals surface area contributed by atoms with E-state index in [0.717, 1.165) is 18.8 Å². The monoisotopic (exact) mass is 350 g/mol. The molecule has 6 nitrogen and oxygen atoms in total. The number of carbonyl (C=O) groups excluding carboxylic acids is 1. The number of hydrogen-bond acceptors (Lipinski definition) is 4. The van der Waals surface area contributed by atoms with Crippen molar-refractivity contribution in [2.24, 2.45) is 0 Å². The van der Waals surface area contributed by atoms with Crippen LogP contribution in [0.2, 0.25) is 0 Å². The number of benzene rings is 2. The fraction of sp³-hybridized carbons (Fsp3) is 0.250. The summed E-state index contributed by atoms with van der Waals surface area (Å²) in [5.41, 5.74) is 2.22. The second kappa shape index (κ2) is 7.82. The van der Waals surface area contributed by atoms with Gasteiger partial charge in [-0.15, -0.1) is 0 Å². The zero-order chi connectivity index (χ0) is 18.5. The van der Waals surface area contributed by atoms with Gasteiger partial charge in [-0.05, 0) is 50.2 Å². The minimum Gasteiger partial charge on any atom is -0.372 e. The molecule has 0 aliphatic heterocycles. The average Bonchev–Trinajstić information content (AvgIpc) is 2.66. The molecule has 0 atom stereocenters. The van der Waals surface area contributed by atoms with Gasteiger partial charge in [0.2, 0.25) is 5.91 Å². The normalized spacial score (nSPS) is 10.7. The Labute approximate surface area is 152 Å². The Hall–Kier alpha value is -3.15. The lowest BCUT2D eigenvalue weighted by Gasteiger charge is -2.21. The van der Waals surface area contributed by atoms with Crippen molar-refractivity contribution in [2.45, 2.75) is 20.4 Å². The first-order valence-electron chi connectivity index (χ1n) is 8.71. The number of amides is 1. The van der Waals surface area contributed by atoms with Gasteiger partial charge in [0.25, 0.3) is 5.56 Å². The molecule has 1 aromatic heterocycles. The zero-order valence-corrected chi connectivity index (χ0v) is 15.0. The highest BCUT2D eigenvalue weighted by molar-refractivity contribution is 5.91. The molecule has 1 heterocycles. The van der Waals surface area contributed by atoms with E-state index in [0.29, 0.717) is 16.6 Å². The minimum atomic E-state index is -0.264. The average molecular weight is 350 g/mol. The topological polar surface area (TPSA) is 67.2 Å². The molecular formula is C20H22N4O2. The van der Waals surface area contributed by atoms with E-state index >= 15 is 0 Å². The first kappa shape index (κ1) is 17.7. The van der Waals surface area contributed by atoms with Crippen LogP contribution in [0.5, 0.6) is 0 Å². The van der Waals surface area contributed by atoms with E-state index in [9.17, 15) is 9.59 Å². The fourth-order valence-electron chi connectivity index (χ4n) is 2.92. The van der Waals surface area contributed by atoms with Gasteiger partial charge >= 0.3 is 0 Å². The van der Waals surface area contributed by atoms with Gasteiger partial charge in [0.15, 0.2) is 0 Å². The number of carbonyl (C=O) groups is 1. The molecule has 3 aromatic rings. The number of nitrogens with one attached hydrogen (secondary N) is 1. The lowest BCUT2D eigenvalue weighted by molar-refractivity contribution is -0.116. The molecule has 0 radical (unpaired) electrons. The highest BCUT2D eigenvalue weighted by Crippen LogP contribution is 2.17. The third kappa shape index (κ3) is 3.74. The molecule has 1 amide bonds. The van der Waals surface area contributed by atoms with Crippen LogP contribution in [0.4, 0.5) is 11.4 Å². The molecule has 0 aliphatic rings. The van der Waals surface area contributed by atoms with Crippen LogP contribution in [0.3, 0.4) is 0 Å². The highest BCUT2D eigenvalue weighted by Gasteiger charge is 2.09. The minimum absolute atomic E-state index is 0.0749. The molecule has 3 rings (SSSR count). The van der Waals surface area contributed by atoms with Gasteiger partial charge in [-0.3, -0.25) is 14.2 Å². The first-order valence-corrected chi connectivity index (χ1v) is 8.71. The summed E-state index contributed by atoms with van der Waals surface area (Å²) < 4.78 is 1.32. The summed E-state index contributed by atoms with van der Waals surface area (Å²) in [6.45, 7) is 6.00. The van der Waals surface area contributed by atoms with Crippen molar-refractivity contribution in [1.82, 2.24) is 9.55 Å². The molecule has 0 bridgehead atoms. The fourth-order valence-corrected chi connectivity index (χ4v) is 2.92. The second-order valence-electron chi connectivity index (χ2n) is 5.96. The van der Waals surface area contributed by atoms with E-state index in [4.69, 9.17) is 0 Å². The van der Waals surface area contributed by atoms with Crippen LogP contribution >= 0.6 is 0 Å². The van der Waals surface area contributed by atoms with Gasteiger partial charge < -0.3 is 10.2 Å². The summed E-state index contributed by atoms with van der Waals surface area (Å²) in [4.78, 5) is 31.2. The molecule has 0 saturated carbocycles. The van der Waals surface area contributed by atoms with Crippen LogP contribution in [0.1, 0.15) is 13.8 Å². The Morgan fingerprint density at radius 2 is 1.77 bits per heavy atom. The van der Waals surface area contributed by atoms with Gasteiger partial charge in [-0.1, -0.05) is 12.1 Å². The molecule has 6 heteroatoms. The largest absolute Gasteiger partial charge is 0.372 e. The van der Waals surface area contributed by atoms with E-state index in [1.807, 2.05) is 30.3 Å². The number of fused-ring (bicyclic) bond motifs is 1. The number of para-hydroxylation sites is 1. The van der Waals surface area contributed by atoms with Crippen LogP contribution in [0.15, 0.2) is 59.7 Å². The molecule has 134 valence electrons. The van der Waals surface area contributed by atoms with Gasteiger partial charge in [-0.25, -0.2) is 4.98 Å². The van der Waals surface area contributed by atoms with Crippen LogP contribution < -0.4 is 15.8 Å². The maximum absolute atomic E-state index is 12.4. The predicted octanol–water partition coefficient (Wildman–Crippen LogP) is 2.88. The molecule has 0 aliphatic carbocycles. The third-order valence-electron chi connectivity index (χ3n) is 4.33. The Bertz CT molecular complexity index is 959. The second-order valence-corrected chi connectivity index (χ2v) is 5.96.